The van der Waals surface area contributed by atoms with Crippen LogP contribution < -0.4 is 0 Å². The van der Waals surface area contributed by atoms with Gasteiger partial charge in [-0.3, -0.25) is 19.2 Å². The number of aliphatic hydroxyl groups is 3. The van der Waals surface area contributed by atoms with Crippen LogP contribution in [0.1, 0.15) is 119 Å². The van der Waals surface area contributed by atoms with Crippen molar-refractivity contribution in [3.8, 4) is 0 Å². The molecule has 0 aromatic heterocycles. The smallest absolute Gasteiger partial charge is 0.329 e. The fraction of sp³-hybridized carbons (Fsp3) is 0.766. The van der Waals surface area contributed by atoms with Crippen molar-refractivity contribution in [1.29, 1.82) is 0 Å². The van der Waals surface area contributed by atoms with Gasteiger partial charge in [-0.2, -0.15) is 0 Å². The van der Waals surface area contributed by atoms with Crippen molar-refractivity contribution >= 4 is 29.4 Å². The van der Waals surface area contributed by atoms with Gasteiger partial charge in [-0.25, -0.2) is 4.79 Å². The van der Waals surface area contributed by atoms with Gasteiger partial charge in [-0.15, -0.1) is 6.58 Å². The largest absolute Gasteiger partial charge is 0.481 e. The summed E-state index contributed by atoms with van der Waals surface area (Å²) >= 11 is 0. The number of carboxylic acid groups (broad SMARTS) is 1. The number of carboxylic acids is 1. The van der Waals surface area contributed by atoms with Gasteiger partial charge in [0.2, 0.25) is 5.79 Å². The normalized spacial score (nSPS) is 38.3. The fourth-order valence-electron chi connectivity index (χ4n) is 9.42. The third kappa shape index (κ3) is 13.8. The van der Waals surface area contributed by atoms with Gasteiger partial charge >= 0.3 is 11.9 Å². The van der Waals surface area contributed by atoms with Gasteiger partial charge in [0, 0.05) is 58.5 Å². The molecule has 352 valence electrons. The van der Waals surface area contributed by atoms with E-state index in [4.69, 9.17) is 28.8 Å². The summed E-state index contributed by atoms with van der Waals surface area (Å²) in [5, 5.41) is 41.9. The van der Waals surface area contributed by atoms with Crippen molar-refractivity contribution in [3.05, 3.63) is 36.0 Å². The number of methoxy groups -OCH3 is 3. The number of nitrogens with zero attached hydrogens (tertiary/aromatic N) is 1. The number of cyclic esters (lactones) is 1. The van der Waals surface area contributed by atoms with Gasteiger partial charge in [0.1, 0.15) is 24.0 Å². The lowest BCUT2D eigenvalue weighted by molar-refractivity contribution is -0.302. The van der Waals surface area contributed by atoms with E-state index in [2.05, 4.69) is 6.58 Å². The Kier molecular flexibility index (Phi) is 21.1. The molecule has 1 unspecified atom stereocenters. The number of fused-ring (bicyclic) bond motifs is 3. The number of allylic oxidation sites excluding steroid dienone is 4. The molecule has 4 rings (SSSR count). The minimum absolute atomic E-state index is 0.00988. The number of carbonyl (C=O) groups excluding carboxylic acids is 4. The van der Waals surface area contributed by atoms with E-state index in [1.54, 1.807) is 34.0 Å². The molecule has 0 aromatic rings. The van der Waals surface area contributed by atoms with Gasteiger partial charge in [0.05, 0.1) is 30.5 Å². The Morgan fingerprint density at radius 3 is 2.16 bits per heavy atom. The molecule has 15 heteroatoms. The highest BCUT2D eigenvalue weighted by Crippen LogP contribution is 2.39. The summed E-state index contributed by atoms with van der Waals surface area (Å²) < 4.78 is 29.7. The van der Waals surface area contributed by atoms with Crippen LogP contribution in [0, 0.1) is 29.6 Å². The molecule has 1 saturated carbocycles. The summed E-state index contributed by atoms with van der Waals surface area (Å²) in [5.74, 6) is -8.51. The fourth-order valence-corrected chi connectivity index (χ4v) is 9.42. The molecule has 0 spiro atoms. The molecular weight excluding hydrogens is 803 g/mol. The van der Waals surface area contributed by atoms with Crippen LogP contribution in [0.5, 0.6) is 0 Å². The molecule has 0 aromatic carbocycles. The van der Waals surface area contributed by atoms with E-state index in [0.717, 1.165) is 5.57 Å². The average molecular weight is 878 g/mol. The molecule has 0 radical (unpaired) electrons. The number of Topliss-reactive ketones (excluding diaryl/α,β-unsaturated/α-hetero) is 2. The minimum Gasteiger partial charge on any atom is -0.481 e. The van der Waals surface area contributed by atoms with Crippen molar-refractivity contribution in [3.63, 3.8) is 0 Å². The number of esters is 1. The highest BCUT2D eigenvalue weighted by Gasteiger charge is 2.56. The molecule has 3 fully saturated rings. The van der Waals surface area contributed by atoms with Crippen LogP contribution in [0.4, 0.5) is 0 Å². The summed E-state index contributed by atoms with van der Waals surface area (Å²) in [6.45, 7) is 14.7. The average Bonchev–Trinajstić information content (AvgIpc) is 3.24. The number of aliphatic hydroxyl groups excluding tert-OH is 2. The predicted molar refractivity (Wildman–Crippen MR) is 231 cm³/mol. The van der Waals surface area contributed by atoms with Crippen LogP contribution in [0.15, 0.2) is 36.0 Å². The number of hydrogen-bond donors (Lipinski definition) is 4. The van der Waals surface area contributed by atoms with Crippen LogP contribution in [-0.2, 0) is 47.7 Å². The van der Waals surface area contributed by atoms with Crippen LogP contribution >= 0.6 is 0 Å². The summed E-state index contributed by atoms with van der Waals surface area (Å²) in [6.07, 6.45) is 5.15. The Balaban J connectivity index is 0.00000193. The quantitative estimate of drug-likeness (QED) is 0.142. The van der Waals surface area contributed by atoms with E-state index in [-0.39, 0.29) is 56.0 Å². The molecule has 3 heterocycles. The number of hydrogen-bond acceptors (Lipinski definition) is 13. The molecule has 15 nitrogen and oxygen atoms in total. The number of piperidine rings is 1. The van der Waals surface area contributed by atoms with Crippen molar-refractivity contribution in [2.45, 2.75) is 173 Å². The van der Waals surface area contributed by atoms with Gasteiger partial charge in [-0.1, -0.05) is 51.5 Å². The highest BCUT2D eigenvalue weighted by molar-refractivity contribution is 6.39. The van der Waals surface area contributed by atoms with Crippen molar-refractivity contribution in [2.24, 2.45) is 29.6 Å². The molecule has 3 aliphatic heterocycles. The topological polar surface area (TPSA) is 216 Å². The molecular formula is C47H75NO14. The molecule has 1 amide bonds. The van der Waals surface area contributed by atoms with Gasteiger partial charge < -0.3 is 49.0 Å². The molecule has 2 bridgehead atoms. The zero-order chi connectivity index (χ0) is 46.5. The van der Waals surface area contributed by atoms with Crippen molar-refractivity contribution in [1.82, 2.24) is 4.90 Å². The maximum absolute atomic E-state index is 14.3. The first kappa shape index (κ1) is 53.0. The third-order valence-electron chi connectivity index (χ3n) is 13.2. The Morgan fingerprint density at radius 2 is 1.56 bits per heavy atom. The summed E-state index contributed by atoms with van der Waals surface area (Å²) in [4.78, 5) is 67.2. The lowest BCUT2D eigenvalue weighted by Crippen LogP contribution is -2.64. The zero-order valence-corrected chi connectivity index (χ0v) is 38.5. The Morgan fingerprint density at radius 1 is 0.935 bits per heavy atom. The summed E-state index contributed by atoms with van der Waals surface area (Å²) in [7, 11) is 4.61. The predicted octanol–water partition coefficient (Wildman–Crippen LogP) is 5.12. The Bertz CT molecular complexity index is 1600. The van der Waals surface area contributed by atoms with Crippen LogP contribution in [-0.4, -0.2) is 137 Å². The number of aliphatic carboxylic acids is 1. The summed E-state index contributed by atoms with van der Waals surface area (Å²) in [6, 6.07) is -1.14. The highest BCUT2D eigenvalue weighted by atomic mass is 16.7. The molecule has 4 N–H and O–H groups in total. The summed E-state index contributed by atoms with van der Waals surface area (Å²) in [5.41, 5.74) is 1.61. The standard InChI is InChI=1S/C44H69NO12.C3H6O2/c1-10-13-31-19-25(2)18-26(3)20-37(54-8)40-38(55-9)22-28(5)44(52,57-40)41(49)42(50)45-17-12-11-14-32(45)43(51)56-39(29(6)34(47)24-35(31)48)27(4)21-30-15-16-33(46)36(23-30)53-7;1-2-3(4)5/h10,19,21,26,28-34,36-40,46-47,52H,1,11-18,20,22-24H2,2-9H3;2H2,1H3,(H,4,5)/b25-19+,27-21+;/t26-,28+,29+,30?,31+,32-,33+,34-,36+,37-,38-,39+,40+,44+;/m0./s1. The molecule has 1 aliphatic carbocycles. The van der Waals surface area contributed by atoms with Gasteiger partial charge in [0.15, 0.2) is 0 Å². The number of amides is 1. The third-order valence-corrected chi connectivity index (χ3v) is 13.2. The van der Waals surface area contributed by atoms with E-state index in [1.165, 1.54) is 19.1 Å². The number of ketones is 2. The van der Waals surface area contributed by atoms with E-state index in [9.17, 15) is 39.3 Å². The molecule has 62 heavy (non-hydrogen) atoms. The second-order valence-corrected chi connectivity index (χ2v) is 18.0. The zero-order valence-electron chi connectivity index (χ0n) is 38.5. The van der Waals surface area contributed by atoms with Crippen molar-refractivity contribution < 1.29 is 68.1 Å². The van der Waals surface area contributed by atoms with Crippen molar-refractivity contribution in [2.75, 3.05) is 27.9 Å². The monoisotopic (exact) mass is 878 g/mol. The van der Waals surface area contributed by atoms with E-state index < -0.39 is 89.8 Å². The van der Waals surface area contributed by atoms with Crippen LogP contribution in [0.3, 0.4) is 0 Å². The molecule has 2 saturated heterocycles. The molecule has 4 aliphatic rings. The number of ether oxygens (including phenoxy) is 5. The maximum atomic E-state index is 14.3. The number of rotatable bonds is 8. The van der Waals surface area contributed by atoms with E-state index in [0.29, 0.717) is 56.9 Å². The first-order valence-corrected chi connectivity index (χ1v) is 22.4. The lowest BCUT2D eigenvalue weighted by Gasteiger charge is -2.47. The minimum atomic E-state index is -2.51. The second kappa shape index (κ2) is 24.7. The first-order valence-electron chi connectivity index (χ1n) is 22.4. The Hall–Kier alpha value is -3.31. The van der Waals surface area contributed by atoms with Crippen LogP contribution in [0.25, 0.3) is 0 Å². The number of carbonyl (C=O) groups is 5. The SMILES string of the molecule is C=CC[C@@H]1/C=C(\C)C[C@H](C)C[C@H](OC)[C@H]2O[C@@](O)(C(=O)C(=O)N3CCCC[C@H]3C(=O)O[C@H](/C(C)=C/C3CC[C@@H](O)[C@H](OC)C3)[C@H](C)[C@@H](O)CC1=O)[C@H](C)C[C@@H]2OC.CCC(=O)O. The van der Waals surface area contributed by atoms with E-state index >= 15 is 0 Å². The Labute approximate surface area is 368 Å². The van der Waals surface area contributed by atoms with E-state index in [1.807, 2.05) is 32.9 Å². The van der Waals surface area contributed by atoms with Gasteiger partial charge in [-0.05, 0) is 95.5 Å². The first-order chi connectivity index (χ1) is 29.3. The van der Waals surface area contributed by atoms with Crippen LogP contribution in [0.2, 0.25) is 0 Å². The second-order valence-electron chi connectivity index (χ2n) is 18.0. The van der Waals surface area contributed by atoms with Gasteiger partial charge in [0.25, 0.3) is 11.7 Å². The lowest BCUT2D eigenvalue weighted by atomic mass is 9.81. The maximum Gasteiger partial charge on any atom is 0.329 e. The molecule has 14 atom stereocenters.